The standard InChI is InChI=1S/C32H27ClN4O/c1-3-38-30-12-8-7-11-25(30)29-20-28(22-15-13-21(2)14-16-22)36-37(29)32-34-27-18-17-24(33)19-26(27)31(35-32)23-9-5-4-6-10-23/h4-19,29H,3,20H2,1-2H3. The Labute approximate surface area is 227 Å². The van der Waals surface area contributed by atoms with Crippen LogP contribution in [0.3, 0.4) is 0 Å². The molecule has 0 amide bonds. The molecule has 0 bridgehead atoms. The molecule has 6 rings (SSSR count). The molecule has 6 heteroatoms. The van der Waals surface area contributed by atoms with E-state index in [1.807, 2.05) is 66.5 Å². The van der Waals surface area contributed by atoms with Crippen molar-refractivity contribution in [1.29, 1.82) is 0 Å². The van der Waals surface area contributed by atoms with Gasteiger partial charge in [0.25, 0.3) is 0 Å². The molecule has 0 saturated heterocycles. The summed E-state index contributed by atoms with van der Waals surface area (Å²) in [5.74, 6) is 1.39. The molecule has 5 nitrogen and oxygen atoms in total. The lowest BCUT2D eigenvalue weighted by Crippen LogP contribution is -2.22. The molecule has 0 N–H and O–H groups in total. The highest BCUT2D eigenvalue weighted by molar-refractivity contribution is 6.31. The normalized spacial score (nSPS) is 15.1. The van der Waals surface area contributed by atoms with E-state index in [1.54, 1.807) is 0 Å². The minimum absolute atomic E-state index is 0.123. The van der Waals surface area contributed by atoms with E-state index in [2.05, 4.69) is 49.4 Å². The molecule has 38 heavy (non-hydrogen) atoms. The number of fused-ring (bicyclic) bond motifs is 1. The predicted octanol–water partition coefficient (Wildman–Crippen LogP) is 8.01. The van der Waals surface area contributed by atoms with Gasteiger partial charge in [0.1, 0.15) is 5.75 Å². The number of hydrogen-bond donors (Lipinski definition) is 0. The van der Waals surface area contributed by atoms with E-state index in [-0.39, 0.29) is 6.04 Å². The molecule has 0 spiro atoms. The summed E-state index contributed by atoms with van der Waals surface area (Å²) < 4.78 is 6.03. The lowest BCUT2D eigenvalue weighted by atomic mass is 9.97. The maximum Gasteiger partial charge on any atom is 0.247 e. The number of para-hydroxylation sites is 1. The maximum atomic E-state index is 6.39. The van der Waals surface area contributed by atoms with Crippen LogP contribution in [0.15, 0.2) is 102 Å². The fraction of sp³-hybridized carbons (Fsp3) is 0.156. The third-order valence-corrected chi connectivity index (χ3v) is 7.01. The molecule has 0 radical (unpaired) electrons. The smallest absolute Gasteiger partial charge is 0.247 e. The fourth-order valence-corrected chi connectivity index (χ4v) is 5.08. The molecule has 1 atom stereocenters. The van der Waals surface area contributed by atoms with Crippen LogP contribution in [-0.4, -0.2) is 22.3 Å². The first-order valence-corrected chi connectivity index (χ1v) is 13.2. The van der Waals surface area contributed by atoms with Crippen LogP contribution in [0.4, 0.5) is 5.95 Å². The van der Waals surface area contributed by atoms with Crippen molar-refractivity contribution in [2.75, 3.05) is 11.6 Å². The van der Waals surface area contributed by atoms with E-state index in [0.717, 1.165) is 44.7 Å². The van der Waals surface area contributed by atoms with Crippen molar-refractivity contribution in [1.82, 2.24) is 9.97 Å². The molecular weight excluding hydrogens is 492 g/mol. The molecule has 4 aromatic carbocycles. The average molecular weight is 519 g/mol. The first-order valence-electron chi connectivity index (χ1n) is 12.8. The molecule has 188 valence electrons. The molecule has 1 aromatic heterocycles. The summed E-state index contributed by atoms with van der Waals surface area (Å²) in [6, 6.07) is 32.4. The quantitative estimate of drug-likeness (QED) is 0.228. The molecule has 5 aromatic rings. The number of ether oxygens (including phenoxy) is 1. The van der Waals surface area contributed by atoms with Gasteiger partial charge in [-0.1, -0.05) is 90.0 Å². The molecule has 0 fully saturated rings. The topological polar surface area (TPSA) is 50.6 Å². The van der Waals surface area contributed by atoms with Crippen molar-refractivity contribution in [3.8, 4) is 17.0 Å². The van der Waals surface area contributed by atoms with Gasteiger partial charge >= 0.3 is 0 Å². The van der Waals surface area contributed by atoms with Crippen molar-refractivity contribution in [3.63, 3.8) is 0 Å². The number of benzene rings is 4. The van der Waals surface area contributed by atoms with Crippen molar-refractivity contribution < 1.29 is 4.74 Å². The van der Waals surface area contributed by atoms with Crippen LogP contribution in [0, 0.1) is 6.92 Å². The molecular formula is C32H27ClN4O. The summed E-state index contributed by atoms with van der Waals surface area (Å²) in [6.45, 7) is 4.68. The number of nitrogens with zero attached hydrogens (tertiary/aromatic N) is 4. The van der Waals surface area contributed by atoms with Gasteiger partial charge in [0.2, 0.25) is 5.95 Å². The average Bonchev–Trinajstić information content (AvgIpc) is 3.39. The number of aryl methyl sites for hydroxylation is 1. The maximum absolute atomic E-state index is 6.39. The second kappa shape index (κ2) is 10.3. The van der Waals surface area contributed by atoms with Gasteiger partial charge in [-0.25, -0.2) is 15.0 Å². The van der Waals surface area contributed by atoms with E-state index in [0.29, 0.717) is 24.0 Å². The zero-order valence-corrected chi connectivity index (χ0v) is 22.1. The Balaban J connectivity index is 1.54. The van der Waals surface area contributed by atoms with Crippen molar-refractivity contribution in [3.05, 3.63) is 119 Å². The predicted molar refractivity (Wildman–Crippen MR) is 155 cm³/mol. The van der Waals surface area contributed by atoms with E-state index >= 15 is 0 Å². The van der Waals surface area contributed by atoms with Gasteiger partial charge in [-0.15, -0.1) is 0 Å². The summed E-state index contributed by atoms with van der Waals surface area (Å²) in [7, 11) is 0. The van der Waals surface area contributed by atoms with Gasteiger partial charge in [-0.05, 0) is 43.7 Å². The molecule has 2 heterocycles. The van der Waals surface area contributed by atoms with Crippen molar-refractivity contribution in [2.24, 2.45) is 5.10 Å². The Hall–Kier alpha value is -4.22. The third-order valence-electron chi connectivity index (χ3n) is 6.77. The molecule has 1 aliphatic heterocycles. The van der Waals surface area contributed by atoms with Gasteiger partial charge in [-0.3, -0.25) is 0 Å². The molecule has 1 unspecified atom stereocenters. The number of halogens is 1. The third kappa shape index (κ3) is 4.61. The van der Waals surface area contributed by atoms with Gasteiger partial charge < -0.3 is 4.74 Å². The summed E-state index contributed by atoms with van der Waals surface area (Å²) in [6.07, 6.45) is 0.704. The number of hydrazone groups is 1. The monoisotopic (exact) mass is 518 g/mol. The molecule has 0 saturated carbocycles. The lowest BCUT2D eigenvalue weighted by molar-refractivity contribution is 0.334. The number of hydrogen-bond acceptors (Lipinski definition) is 5. The Morgan fingerprint density at radius 1 is 0.868 bits per heavy atom. The van der Waals surface area contributed by atoms with Crippen LogP contribution in [0.25, 0.3) is 22.2 Å². The summed E-state index contributed by atoms with van der Waals surface area (Å²) in [5.41, 5.74) is 6.98. The summed E-state index contributed by atoms with van der Waals surface area (Å²) in [5, 5.41) is 8.62. The summed E-state index contributed by atoms with van der Waals surface area (Å²) in [4.78, 5) is 10.1. The molecule has 1 aliphatic rings. The number of rotatable bonds is 6. The zero-order valence-electron chi connectivity index (χ0n) is 21.3. The van der Waals surface area contributed by atoms with Gasteiger partial charge in [0.15, 0.2) is 0 Å². The van der Waals surface area contributed by atoms with Crippen LogP contribution >= 0.6 is 11.6 Å². The van der Waals surface area contributed by atoms with E-state index in [1.165, 1.54) is 5.56 Å². The SMILES string of the molecule is CCOc1ccccc1C1CC(c2ccc(C)cc2)=NN1c1nc(-c2ccccc2)c2cc(Cl)ccc2n1. The summed E-state index contributed by atoms with van der Waals surface area (Å²) >= 11 is 6.39. The van der Waals surface area contributed by atoms with Crippen molar-refractivity contribution in [2.45, 2.75) is 26.3 Å². The number of anilines is 1. The zero-order chi connectivity index (χ0) is 26.1. The van der Waals surface area contributed by atoms with E-state index in [4.69, 9.17) is 31.4 Å². The van der Waals surface area contributed by atoms with E-state index in [9.17, 15) is 0 Å². The highest BCUT2D eigenvalue weighted by Gasteiger charge is 2.34. The Kier molecular flexibility index (Phi) is 6.52. The number of aromatic nitrogens is 2. The lowest BCUT2D eigenvalue weighted by Gasteiger charge is -2.24. The largest absolute Gasteiger partial charge is 0.494 e. The van der Waals surface area contributed by atoms with Gasteiger partial charge in [0, 0.05) is 28.0 Å². The highest BCUT2D eigenvalue weighted by atomic mass is 35.5. The highest BCUT2D eigenvalue weighted by Crippen LogP contribution is 2.40. The Bertz CT molecular complexity index is 1630. The first kappa shape index (κ1) is 24.1. The van der Waals surface area contributed by atoms with Crippen LogP contribution in [-0.2, 0) is 0 Å². The molecule has 0 aliphatic carbocycles. The van der Waals surface area contributed by atoms with Gasteiger partial charge in [0.05, 0.1) is 29.6 Å². The first-order chi connectivity index (χ1) is 18.6. The van der Waals surface area contributed by atoms with Gasteiger partial charge in [-0.2, -0.15) is 5.10 Å². The second-order valence-electron chi connectivity index (χ2n) is 9.35. The van der Waals surface area contributed by atoms with Crippen LogP contribution in [0.5, 0.6) is 5.75 Å². The van der Waals surface area contributed by atoms with Crippen molar-refractivity contribution >= 4 is 34.2 Å². The Morgan fingerprint density at radius 2 is 1.63 bits per heavy atom. The minimum Gasteiger partial charge on any atom is -0.494 e. The Morgan fingerprint density at radius 3 is 2.42 bits per heavy atom. The van der Waals surface area contributed by atoms with Crippen LogP contribution in [0.1, 0.15) is 36.1 Å². The van der Waals surface area contributed by atoms with E-state index < -0.39 is 0 Å². The van der Waals surface area contributed by atoms with Crippen LogP contribution in [0.2, 0.25) is 5.02 Å². The minimum atomic E-state index is -0.123. The second-order valence-corrected chi connectivity index (χ2v) is 9.78. The van der Waals surface area contributed by atoms with Crippen LogP contribution < -0.4 is 9.75 Å². The fourth-order valence-electron chi connectivity index (χ4n) is 4.91.